The Morgan fingerprint density at radius 2 is 1.33 bits per heavy atom. The van der Waals surface area contributed by atoms with Gasteiger partial charge in [-0.15, -0.1) is 0 Å². The van der Waals surface area contributed by atoms with Crippen LogP contribution in [0.4, 0.5) is 11.4 Å². The summed E-state index contributed by atoms with van der Waals surface area (Å²) in [6, 6.07) is 12.8. The van der Waals surface area contributed by atoms with Crippen molar-refractivity contribution in [2.45, 2.75) is 6.04 Å². The standard InChI is InChI=1S/C24H20N2O7/c27-22-14-25(15-3-5-17-20(12-15)32-10-8-30-17)24(28)23(19-2-1-7-29-19)26(22)16-4-6-18-21(13-16)33-11-9-31-18/h1-7,12-13,23H,8-11,14H2/t23-/m1/s1. The SMILES string of the molecule is O=C1[C@@H](c2ccco2)N(c2ccc3c(c2)OCCO3)C(=O)CN1c1ccc2c(c1)OCCO2. The van der Waals surface area contributed by atoms with E-state index in [4.69, 9.17) is 23.4 Å². The second-order valence-corrected chi connectivity index (χ2v) is 7.76. The molecule has 2 aromatic carbocycles. The highest BCUT2D eigenvalue weighted by Crippen LogP contribution is 2.41. The average Bonchev–Trinajstić information content (AvgIpc) is 3.39. The van der Waals surface area contributed by atoms with E-state index >= 15 is 0 Å². The molecule has 0 radical (unpaired) electrons. The van der Waals surface area contributed by atoms with E-state index in [1.807, 2.05) is 0 Å². The van der Waals surface area contributed by atoms with Gasteiger partial charge in [0.1, 0.15) is 38.7 Å². The molecular weight excluding hydrogens is 428 g/mol. The lowest BCUT2D eigenvalue weighted by Gasteiger charge is -2.39. The first-order valence-corrected chi connectivity index (χ1v) is 10.7. The number of carbonyl (C=O) groups is 2. The molecule has 1 aromatic heterocycles. The van der Waals surface area contributed by atoms with Crippen molar-refractivity contribution in [2.24, 2.45) is 0 Å². The summed E-state index contributed by atoms with van der Waals surface area (Å²) < 4.78 is 28.1. The summed E-state index contributed by atoms with van der Waals surface area (Å²) in [5.41, 5.74) is 1.08. The van der Waals surface area contributed by atoms with Crippen molar-refractivity contribution in [1.82, 2.24) is 0 Å². The Bertz CT molecular complexity index is 1220. The summed E-state index contributed by atoms with van der Waals surface area (Å²) in [6.07, 6.45) is 1.48. The van der Waals surface area contributed by atoms with Gasteiger partial charge >= 0.3 is 0 Å². The topological polar surface area (TPSA) is 90.7 Å². The number of ether oxygens (including phenoxy) is 4. The van der Waals surface area contributed by atoms with Crippen molar-refractivity contribution in [1.29, 1.82) is 0 Å². The maximum absolute atomic E-state index is 13.8. The van der Waals surface area contributed by atoms with Crippen molar-refractivity contribution in [3.8, 4) is 23.0 Å². The monoisotopic (exact) mass is 448 g/mol. The molecule has 3 aliphatic heterocycles. The number of fused-ring (bicyclic) bond motifs is 2. The molecule has 9 nitrogen and oxygen atoms in total. The second kappa shape index (κ2) is 7.77. The summed E-state index contributed by atoms with van der Waals surface area (Å²) in [7, 11) is 0. The van der Waals surface area contributed by atoms with Gasteiger partial charge in [-0.05, 0) is 36.4 Å². The van der Waals surface area contributed by atoms with Crippen LogP contribution in [0.15, 0.2) is 59.2 Å². The highest BCUT2D eigenvalue weighted by molar-refractivity contribution is 6.14. The Morgan fingerprint density at radius 1 is 0.727 bits per heavy atom. The predicted octanol–water partition coefficient (Wildman–Crippen LogP) is 2.94. The molecule has 0 aliphatic carbocycles. The summed E-state index contributed by atoms with van der Waals surface area (Å²) in [4.78, 5) is 30.1. The van der Waals surface area contributed by atoms with Gasteiger partial charge in [-0.3, -0.25) is 14.5 Å². The molecule has 0 bridgehead atoms. The largest absolute Gasteiger partial charge is 0.486 e. The van der Waals surface area contributed by atoms with Crippen molar-refractivity contribution in [3.05, 3.63) is 60.6 Å². The fourth-order valence-electron chi connectivity index (χ4n) is 4.28. The summed E-state index contributed by atoms with van der Waals surface area (Å²) in [5.74, 6) is 2.10. The first-order valence-electron chi connectivity index (χ1n) is 10.7. The molecular formula is C24H20N2O7. The lowest BCUT2D eigenvalue weighted by atomic mass is 10.0. The van der Waals surface area contributed by atoms with Gasteiger partial charge in [0.15, 0.2) is 29.0 Å². The third kappa shape index (κ3) is 3.32. The molecule has 1 atom stereocenters. The van der Waals surface area contributed by atoms with Gasteiger partial charge in [-0.25, -0.2) is 0 Å². The lowest BCUT2D eigenvalue weighted by Crippen LogP contribution is -2.56. The van der Waals surface area contributed by atoms with Gasteiger partial charge in [0, 0.05) is 23.5 Å². The number of hydrogen-bond acceptors (Lipinski definition) is 7. The van der Waals surface area contributed by atoms with Gasteiger partial charge in [-0.1, -0.05) is 0 Å². The highest BCUT2D eigenvalue weighted by Gasteiger charge is 2.44. The quantitative estimate of drug-likeness (QED) is 0.609. The fourth-order valence-corrected chi connectivity index (χ4v) is 4.28. The minimum absolute atomic E-state index is 0.135. The lowest BCUT2D eigenvalue weighted by molar-refractivity contribution is -0.129. The zero-order valence-electron chi connectivity index (χ0n) is 17.6. The minimum atomic E-state index is -0.975. The molecule has 6 rings (SSSR count). The van der Waals surface area contributed by atoms with E-state index in [9.17, 15) is 9.59 Å². The van der Waals surface area contributed by atoms with E-state index in [0.29, 0.717) is 66.6 Å². The minimum Gasteiger partial charge on any atom is -0.486 e. The van der Waals surface area contributed by atoms with Crippen LogP contribution in [0, 0.1) is 0 Å². The molecule has 9 heteroatoms. The first kappa shape index (κ1) is 19.5. The van der Waals surface area contributed by atoms with E-state index in [0.717, 1.165) is 0 Å². The van der Waals surface area contributed by atoms with Crippen LogP contribution in [0.2, 0.25) is 0 Å². The number of piperazine rings is 1. The predicted molar refractivity (Wildman–Crippen MR) is 116 cm³/mol. The van der Waals surface area contributed by atoms with Crippen LogP contribution in [-0.2, 0) is 9.59 Å². The van der Waals surface area contributed by atoms with E-state index < -0.39 is 6.04 Å². The maximum Gasteiger partial charge on any atom is 0.258 e. The number of nitrogens with zero attached hydrogens (tertiary/aromatic N) is 2. The molecule has 3 aliphatic rings. The van der Waals surface area contributed by atoms with E-state index in [-0.39, 0.29) is 18.4 Å². The number of benzene rings is 2. The van der Waals surface area contributed by atoms with Gasteiger partial charge in [-0.2, -0.15) is 0 Å². The van der Waals surface area contributed by atoms with Crippen molar-refractivity contribution >= 4 is 23.2 Å². The Labute approximate surface area is 189 Å². The molecule has 0 saturated carbocycles. The molecule has 4 heterocycles. The van der Waals surface area contributed by atoms with Crippen LogP contribution >= 0.6 is 0 Å². The number of anilines is 2. The summed E-state index contributed by atoms with van der Waals surface area (Å²) in [6.45, 7) is 1.65. The Balaban J connectivity index is 1.39. The normalized spacial score (nSPS) is 19.6. The highest BCUT2D eigenvalue weighted by atomic mass is 16.6. The van der Waals surface area contributed by atoms with Crippen molar-refractivity contribution < 1.29 is 33.0 Å². The Hall–Kier alpha value is -4.14. The van der Waals surface area contributed by atoms with E-state index in [1.54, 1.807) is 48.5 Å². The number of carbonyl (C=O) groups excluding carboxylic acids is 2. The van der Waals surface area contributed by atoms with Crippen LogP contribution in [0.5, 0.6) is 23.0 Å². The maximum atomic E-state index is 13.8. The van der Waals surface area contributed by atoms with Crippen LogP contribution in [0.25, 0.3) is 0 Å². The molecule has 2 amide bonds. The second-order valence-electron chi connectivity index (χ2n) is 7.76. The summed E-state index contributed by atoms with van der Waals surface area (Å²) in [5, 5.41) is 0. The van der Waals surface area contributed by atoms with Gasteiger partial charge < -0.3 is 28.3 Å². The average molecular weight is 448 g/mol. The van der Waals surface area contributed by atoms with E-state index in [2.05, 4.69) is 0 Å². The van der Waals surface area contributed by atoms with Gasteiger partial charge in [0.25, 0.3) is 5.91 Å². The molecule has 33 heavy (non-hydrogen) atoms. The Morgan fingerprint density at radius 3 is 1.97 bits per heavy atom. The zero-order valence-corrected chi connectivity index (χ0v) is 17.6. The number of rotatable bonds is 3. The molecule has 3 aromatic rings. The third-order valence-electron chi connectivity index (χ3n) is 5.77. The van der Waals surface area contributed by atoms with Gasteiger partial charge in [0.05, 0.1) is 6.26 Å². The molecule has 168 valence electrons. The number of hydrogen-bond donors (Lipinski definition) is 0. The summed E-state index contributed by atoms with van der Waals surface area (Å²) >= 11 is 0. The molecule has 1 saturated heterocycles. The van der Waals surface area contributed by atoms with Crippen molar-refractivity contribution in [2.75, 3.05) is 42.8 Å². The Kier molecular flexibility index (Phi) is 4.60. The fraction of sp³-hybridized carbons (Fsp3) is 0.250. The zero-order chi connectivity index (χ0) is 22.4. The smallest absolute Gasteiger partial charge is 0.258 e. The molecule has 0 unspecified atom stereocenters. The molecule has 0 spiro atoms. The molecule has 0 N–H and O–H groups in total. The van der Waals surface area contributed by atoms with E-state index in [1.165, 1.54) is 16.1 Å². The van der Waals surface area contributed by atoms with Crippen LogP contribution < -0.4 is 28.7 Å². The van der Waals surface area contributed by atoms with Crippen LogP contribution in [-0.4, -0.2) is 44.8 Å². The number of furan rings is 1. The first-order chi connectivity index (χ1) is 16.2. The number of amides is 2. The van der Waals surface area contributed by atoms with Gasteiger partial charge in [0.2, 0.25) is 5.91 Å². The third-order valence-corrected chi connectivity index (χ3v) is 5.77. The van der Waals surface area contributed by atoms with Crippen LogP contribution in [0.3, 0.4) is 0 Å². The van der Waals surface area contributed by atoms with Crippen molar-refractivity contribution in [3.63, 3.8) is 0 Å². The molecule has 1 fully saturated rings. The van der Waals surface area contributed by atoms with Crippen LogP contribution in [0.1, 0.15) is 11.8 Å².